The van der Waals surface area contributed by atoms with Crippen LogP contribution in [0, 0.1) is 21.4 Å². The lowest BCUT2D eigenvalue weighted by Crippen LogP contribution is -1.93. The van der Waals surface area contributed by atoms with Gasteiger partial charge < -0.3 is 5.11 Å². The average Bonchev–Trinajstić information content (AvgIpc) is 3.10. The molecule has 10 heteroatoms. The number of benzene rings is 2. The number of phenols is 1. The highest BCUT2D eigenvalue weighted by molar-refractivity contribution is 7.98. The Kier molecular flexibility index (Phi) is 6.21. The van der Waals surface area contributed by atoms with E-state index in [-0.39, 0.29) is 17.0 Å². The van der Waals surface area contributed by atoms with Gasteiger partial charge in [0.15, 0.2) is 0 Å². The van der Waals surface area contributed by atoms with Gasteiger partial charge in [0, 0.05) is 23.4 Å². The zero-order chi connectivity index (χ0) is 19.9. The van der Waals surface area contributed by atoms with Gasteiger partial charge in [0.2, 0.25) is 0 Å². The third kappa shape index (κ3) is 4.64. The molecule has 0 radical (unpaired) electrons. The van der Waals surface area contributed by atoms with Crippen LogP contribution >= 0.6 is 23.3 Å². The molecule has 0 saturated heterocycles. The number of hydrogen-bond donors (Lipinski definition) is 2. The molecule has 140 valence electrons. The molecule has 2 aromatic carbocycles. The van der Waals surface area contributed by atoms with Crippen molar-refractivity contribution in [2.45, 2.75) is 10.8 Å². The Labute approximate surface area is 168 Å². The first-order chi connectivity index (χ1) is 13.6. The monoisotopic (exact) mass is 411 g/mol. The van der Waals surface area contributed by atoms with Crippen molar-refractivity contribution >= 4 is 40.2 Å². The zero-order valence-electron chi connectivity index (χ0n) is 14.3. The number of nitrogens with one attached hydrogen (secondary N) is 1. The van der Waals surface area contributed by atoms with Crippen molar-refractivity contribution in [2.75, 3.05) is 5.43 Å². The highest BCUT2D eigenvalue weighted by Crippen LogP contribution is 2.33. The van der Waals surface area contributed by atoms with E-state index >= 15 is 0 Å². The van der Waals surface area contributed by atoms with Gasteiger partial charge >= 0.3 is 0 Å². The van der Waals surface area contributed by atoms with Crippen LogP contribution < -0.4 is 5.43 Å². The predicted octanol–water partition coefficient (Wildman–Crippen LogP) is 4.37. The number of thioether (sulfide) groups is 1. The summed E-state index contributed by atoms with van der Waals surface area (Å²) in [6, 6.07) is 15.6. The number of rotatable bonds is 7. The molecule has 8 nitrogen and oxygen atoms in total. The van der Waals surface area contributed by atoms with Gasteiger partial charge in [-0.2, -0.15) is 14.7 Å². The van der Waals surface area contributed by atoms with E-state index in [1.165, 1.54) is 36.2 Å². The number of nitrogens with zero attached hydrogens (tertiary/aromatic N) is 4. The maximum atomic E-state index is 10.8. The summed E-state index contributed by atoms with van der Waals surface area (Å²) < 4.78 is 4.29. The minimum atomic E-state index is -0.558. The summed E-state index contributed by atoms with van der Waals surface area (Å²) in [5.74, 6) is 0.545. The molecule has 0 fully saturated rings. The molecule has 0 aliphatic rings. The van der Waals surface area contributed by atoms with E-state index in [2.05, 4.69) is 21.0 Å². The molecular formula is C18H13N5O3S2. The SMILES string of the molecule is N#Cc1c(SCc2ccccc2)nsc1N/N=C\c1cc([N+](=O)[O-])ccc1O. The molecule has 0 aliphatic heterocycles. The van der Waals surface area contributed by atoms with Crippen LogP contribution in [-0.4, -0.2) is 20.6 Å². The average molecular weight is 411 g/mol. The molecule has 0 amide bonds. The number of aromatic nitrogens is 1. The van der Waals surface area contributed by atoms with Gasteiger partial charge in [0.05, 0.1) is 11.1 Å². The molecule has 0 saturated carbocycles. The zero-order valence-corrected chi connectivity index (χ0v) is 15.9. The summed E-state index contributed by atoms with van der Waals surface area (Å²) in [5.41, 5.74) is 4.25. The number of aromatic hydroxyl groups is 1. The van der Waals surface area contributed by atoms with Crippen molar-refractivity contribution in [1.29, 1.82) is 5.26 Å². The molecule has 1 aromatic heterocycles. The van der Waals surface area contributed by atoms with Gasteiger partial charge in [-0.3, -0.25) is 15.5 Å². The fraction of sp³-hybridized carbons (Fsp3) is 0.0556. The smallest absolute Gasteiger partial charge is 0.270 e. The van der Waals surface area contributed by atoms with Crippen LogP contribution in [0.15, 0.2) is 58.7 Å². The van der Waals surface area contributed by atoms with Gasteiger partial charge in [-0.15, -0.1) is 0 Å². The second-order valence-electron chi connectivity index (χ2n) is 5.45. The Morgan fingerprint density at radius 2 is 2.14 bits per heavy atom. The Bertz CT molecular complexity index is 1060. The first-order valence-electron chi connectivity index (χ1n) is 7.91. The van der Waals surface area contributed by atoms with E-state index in [1.807, 2.05) is 30.3 Å². The number of phenolic OH excluding ortho intramolecular Hbond substituents is 1. The van der Waals surface area contributed by atoms with E-state index in [1.54, 1.807) is 0 Å². The maximum Gasteiger partial charge on any atom is 0.270 e. The summed E-state index contributed by atoms with van der Waals surface area (Å²) in [7, 11) is 0. The summed E-state index contributed by atoms with van der Waals surface area (Å²) in [5, 5.41) is 35.1. The Hall–Kier alpha value is -3.42. The van der Waals surface area contributed by atoms with Crippen molar-refractivity contribution in [3.05, 3.63) is 75.3 Å². The molecule has 0 unspecified atom stereocenters. The predicted molar refractivity (Wildman–Crippen MR) is 109 cm³/mol. The summed E-state index contributed by atoms with van der Waals surface area (Å²) >= 11 is 2.55. The van der Waals surface area contributed by atoms with E-state index in [0.717, 1.165) is 17.1 Å². The van der Waals surface area contributed by atoms with Gasteiger partial charge in [0.1, 0.15) is 27.4 Å². The van der Waals surface area contributed by atoms with Crippen LogP contribution in [0.25, 0.3) is 0 Å². The Balaban J connectivity index is 1.71. The molecule has 2 N–H and O–H groups in total. The van der Waals surface area contributed by atoms with Crippen LogP contribution in [0.5, 0.6) is 5.75 Å². The third-order valence-corrected chi connectivity index (χ3v) is 5.50. The van der Waals surface area contributed by atoms with Crippen LogP contribution in [0.3, 0.4) is 0 Å². The lowest BCUT2D eigenvalue weighted by atomic mass is 10.2. The van der Waals surface area contributed by atoms with Gasteiger partial charge in [-0.1, -0.05) is 42.1 Å². The number of anilines is 1. The second kappa shape index (κ2) is 8.98. The fourth-order valence-corrected chi connectivity index (χ4v) is 3.96. The standard InChI is InChI=1S/C18H13N5O3S2/c19-9-15-17(28-22-18(15)27-11-12-4-2-1-3-5-12)21-20-10-13-8-14(23(25)26)6-7-16(13)24/h1-8,10,21,24H,11H2/b20-10-. The van der Waals surface area contributed by atoms with Gasteiger partial charge in [-0.25, -0.2) is 0 Å². The first-order valence-corrected chi connectivity index (χ1v) is 9.67. The van der Waals surface area contributed by atoms with Crippen LogP contribution in [0.2, 0.25) is 0 Å². The molecule has 0 atom stereocenters. The molecular weight excluding hydrogens is 398 g/mol. The molecule has 0 aliphatic carbocycles. The molecule has 0 spiro atoms. The van der Waals surface area contributed by atoms with Gasteiger partial charge in [0.25, 0.3) is 5.69 Å². The highest BCUT2D eigenvalue weighted by Gasteiger charge is 2.14. The largest absolute Gasteiger partial charge is 0.507 e. The number of non-ortho nitro benzene ring substituents is 1. The van der Waals surface area contributed by atoms with Crippen LogP contribution in [0.4, 0.5) is 10.7 Å². The van der Waals surface area contributed by atoms with E-state index < -0.39 is 4.92 Å². The fourth-order valence-electron chi connectivity index (χ4n) is 2.19. The van der Waals surface area contributed by atoms with E-state index in [0.29, 0.717) is 21.3 Å². The second-order valence-corrected chi connectivity index (χ2v) is 7.19. The summed E-state index contributed by atoms with van der Waals surface area (Å²) in [6.07, 6.45) is 1.25. The Morgan fingerprint density at radius 1 is 1.36 bits per heavy atom. The summed E-state index contributed by atoms with van der Waals surface area (Å²) in [4.78, 5) is 10.3. The van der Waals surface area contributed by atoms with Crippen molar-refractivity contribution < 1.29 is 10.0 Å². The van der Waals surface area contributed by atoms with E-state index in [9.17, 15) is 20.5 Å². The first kappa shape index (κ1) is 19.3. The maximum absolute atomic E-state index is 10.8. The lowest BCUT2D eigenvalue weighted by molar-refractivity contribution is -0.384. The third-order valence-electron chi connectivity index (χ3n) is 3.58. The number of nitro groups is 1. The number of hydrazone groups is 1. The molecule has 28 heavy (non-hydrogen) atoms. The molecule has 1 heterocycles. The molecule has 3 aromatic rings. The number of hydrogen-bond acceptors (Lipinski definition) is 9. The van der Waals surface area contributed by atoms with Crippen molar-refractivity contribution in [1.82, 2.24) is 4.37 Å². The molecule has 3 rings (SSSR count). The minimum absolute atomic E-state index is 0.139. The normalized spacial score (nSPS) is 10.7. The highest BCUT2D eigenvalue weighted by atomic mass is 32.2. The van der Waals surface area contributed by atoms with Crippen molar-refractivity contribution in [2.24, 2.45) is 5.10 Å². The van der Waals surface area contributed by atoms with Crippen molar-refractivity contribution in [3.63, 3.8) is 0 Å². The van der Waals surface area contributed by atoms with Crippen LogP contribution in [-0.2, 0) is 5.75 Å². The van der Waals surface area contributed by atoms with E-state index in [4.69, 9.17) is 0 Å². The Morgan fingerprint density at radius 3 is 2.86 bits per heavy atom. The van der Waals surface area contributed by atoms with Crippen LogP contribution in [0.1, 0.15) is 16.7 Å². The minimum Gasteiger partial charge on any atom is -0.507 e. The van der Waals surface area contributed by atoms with Gasteiger partial charge in [-0.05, 0) is 23.2 Å². The summed E-state index contributed by atoms with van der Waals surface area (Å²) in [6.45, 7) is 0. The molecule has 0 bridgehead atoms. The van der Waals surface area contributed by atoms with Crippen molar-refractivity contribution in [3.8, 4) is 11.8 Å². The number of nitriles is 1. The topological polar surface area (TPSA) is 124 Å². The number of nitro benzene ring substituents is 1. The lowest BCUT2D eigenvalue weighted by Gasteiger charge is -2.00. The quantitative estimate of drug-likeness (QED) is 0.256.